The molecule has 1 aliphatic rings. The summed E-state index contributed by atoms with van der Waals surface area (Å²) in [6.07, 6.45) is 2.31. The molecule has 2 aromatic rings. The molecule has 2 aromatic carbocycles. The SMILES string of the molecule is C=CCOc1ccc(/C(O)=C2\C(=O)C(=O)N(CCCN(C)C)C2c2ccc(OC)c(OC)c2)cc1C. The predicted octanol–water partition coefficient (Wildman–Crippen LogP) is 3.95. The van der Waals surface area contributed by atoms with E-state index in [1.807, 2.05) is 25.9 Å². The Bertz CT molecular complexity index is 1170. The molecule has 36 heavy (non-hydrogen) atoms. The zero-order chi connectivity index (χ0) is 26.4. The van der Waals surface area contributed by atoms with E-state index >= 15 is 0 Å². The summed E-state index contributed by atoms with van der Waals surface area (Å²) in [6, 6.07) is 9.60. The first-order chi connectivity index (χ1) is 17.2. The summed E-state index contributed by atoms with van der Waals surface area (Å²) in [4.78, 5) is 30.0. The second kappa shape index (κ2) is 11.8. The summed E-state index contributed by atoms with van der Waals surface area (Å²) < 4.78 is 16.4. The second-order valence-corrected chi connectivity index (χ2v) is 8.84. The van der Waals surface area contributed by atoms with Gasteiger partial charge in [0, 0.05) is 12.1 Å². The fourth-order valence-corrected chi connectivity index (χ4v) is 4.30. The fourth-order valence-electron chi connectivity index (χ4n) is 4.30. The molecule has 3 rings (SSSR count). The number of ether oxygens (including phenoxy) is 3. The number of hydrogen-bond donors (Lipinski definition) is 1. The number of methoxy groups -OCH3 is 2. The molecule has 1 aliphatic heterocycles. The number of ketones is 1. The van der Waals surface area contributed by atoms with Crippen molar-refractivity contribution in [2.45, 2.75) is 19.4 Å². The minimum Gasteiger partial charge on any atom is -0.507 e. The average Bonchev–Trinajstić information content (AvgIpc) is 3.11. The Morgan fingerprint density at radius 2 is 1.78 bits per heavy atom. The van der Waals surface area contributed by atoms with Gasteiger partial charge in [-0.15, -0.1) is 0 Å². The third-order valence-corrected chi connectivity index (χ3v) is 6.07. The lowest BCUT2D eigenvalue weighted by Gasteiger charge is -2.26. The molecule has 0 saturated carbocycles. The van der Waals surface area contributed by atoms with Crippen LogP contribution in [0, 0.1) is 6.92 Å². The highest BCUT2D eigenvalue weighted by Crippen LogP contribution is 2.42. The third kappa shape index (κ3) is 5.54. The van der Waals surface area contributed by atoms with E-state index < -0.39 is 17.7 Å². The lowest BCUT2D eigenvalue weighted by Crippen LogP contribution is -2.32. The van der Waals surface area contributed by atoms with Gasteiger partial charge in [-0.3, -0.25) is 9.59 Å². The average molecular weight is 495 g/mol. The lowest BCUT2D eigenvalue weighted by molar-refractivity contribution is -0.139. The highest BCUT2D eigenvalue weighted by molar-refractivity contribution is 6.46. The molecule has 1 amide bonds. The Morgan fingerprint density at radius 1 is 1.08 bits per heavy atom. The number of rotatable bonds is 11. The molecule has 1 saturated heterocycles. The maximum absolute atomic E-state index is 13.3. The van der Waals surface area contributed by atoms with Crippen LogP contribution in [0.1, 0.15) is 29.2 Å². The third-order valence-electron chi connectivity index (χ3n) is 6.07. The van der Waals surface area contributed by atoms with Gasteiger partial charge in [0.2, 0.25) is 0 Å². The largest absolute Gasteiger partial charge is 0.507 e. The zero-order valence-corrected chi connectivity index (χ0v) is 21.5. The van der Waals surface area contributed by atoms with Crippen LogP contribution in [0.5, 0.6) is 17.2 Å². The van der Waals surface area contributed by atoms with Crippen LogP contribution in [-0.2, 0) is 9.59 Å². The molecule has 8 heteroatoms. The van der Waals surface area contributed by atoms with Crippen LogP contribution < -0.4 is 14.2 Å². The van der Waals surface area contributed by atoms with Gasteiger partial charge in [-0.1, -0.05) is 18.7 Å². The fraction of sp³-hybridized carbons (Fsp3) is 0.357. The first kappa shape index (κ1) is 26.8. The molecular weight excluding hydrogens is 460 g/mol. The molecule has 0 bridgehead atoms. The first-order valence-corrected chi connectivity index (χ1v) is 11.7. The molecule has 0 aliphatic carbocycles. The van der Waals surface area contributed by atoms with Crippen LogP contribution in [0.15, 0.2) is 54.6 Å². The first-order valence-electron chi connectivity index (χ1n) is 11.7. The highest BCUT2D eigenvalue weighted by Gasteiger charge is 2.46. The number of Topliss-reactive ketones (excluding diaryl/α,β-unsaturated/α-hetero) is 1. The van der Waals surface area contributed by atoms with Gasteiger partial charge in [0.25, 0.3) is 11.7 Å². The van der Waals surface area contributed by atoms with Gasteiger partial charge in [0.15, 0.2) is 11.5 Å². The molecule has 1 atom stereocenters. The van der Waals surface area contributed by atoms with Crippen molar-refractivity contribution in [3.05, 3.63) is 71.3 Å². The van der Waals surface area contributed by atoms with Gasteiger partial charge in [-0.05, 0) is 75.4 Å². The van der Waals surface area contributed by atoms with Crippen molar-refractivity contribution in [2.75, 3.05) is 48.0 Å². The van der Waals surface area contributed by atoms with Crippen molar-refractivity contribution in [1.29, 1.82) is 0 Å². The molecule has 0 radical (unpaired) electrons. The normalized spacial score (nSPS) is 16.9. The number of carbonyl (C=O) groups excluding carboxylic acids is 2. The number of carbonyl (C=O) groups is 2. The number of likely N-dealkylation sites (tertiary alicyclic amines) is 1. The number of aliphatic hydroxyl groups excluding tert-OH is 1. The summed E-state index contributed by atoms with van der Waals surface area (Å²) in [5.74, 6) is 0.0400. The Balaban J connectivity index is 2.12. The maximum atomic E-state index is 13.3. The van der Waals surface area contributed by atoms with E-state index in [0.717, 1.165) is 12.1 Å². The van der Waals surface area contributed by atoms with E-state index in [-0.39, 0.29) is 11.3 Å². The minimum absolute atomic E-state index is 0.0382. The monoisotopic (exact) mass is 494 g/mol. The van der Waals surface area contributed by atoms with Crippen LogP contribution in [0.4, 0.5) is 0 Å². The van der Waals surface area contributed by atoms with Crippen LogP contribution in [0.3, 0.4) is 0 Å². The van der Waals surface area contributed by atoms with Crippen LogP contribution >= 0.6 is 0 Å². The van der Waals surface area contributed by atoms with Gasteiger partial charge >= 0.3 is 0 Å². The van der Waals surface area contributed by atoms with Gasteiger partial charge in [-0.2, -0.15) is 0 Å². The number of hydrogen-bond acceptors (Lipinski definition) is 7. The van der Waals surface area contributed by atoms with E-state index in [1.165, 1.54) is 19.1 Å². The van der Waals surface area contributed by atoms with Gasteiger partial charge < -0.3 is 29.1 Å². The topological polar surface area (TPSA) is 88.5 Å². The van der Waals surface area contributed by atoms with Crippen molar-refractivity contribution >= 4 is 17.4 Å². The molecular formula is C28H34N2O6. The molecule has 0 spiro atoms. The Kier molecular flexibility index (Phi) is 8.77. The lowest BCUT2D eigenvalue weighted by atomic mass is 9.94. The quantitative estimate of drug-likeness (QED) is 0.219. The van der Waals surface area contributed by atoms with Crippen molar-refractivity contribution in [3.63, 3.8) is 0 Å². The Hall–Kier alpha value is -3.78. The molecule has 8 nitrogen and oxygen atoms in total. The summed E-state index contributed by atoms with van der Waals surface area (Å²) in [5.41, 5.74) is 1.89. The molecule has 1 fully saturated rings. The summed E-state index contributed by atoms with van der Waals surface area (Å²) >= 11 is 0. The van der Waals surface area contributed by atoms with Crippen molar-refractivity contribution < 1.29 is 28.9 Å². The Labute approximate surface area is 212 Å². The van der Waals surface area contributed by atoms with Crippen LogP contribution in [0.25, 0.3) is 5.76 Å². The van der Waals surface area contributed by atoms with E-state index in [4.69, 9.17) is 14.2 Å². The number of aryl methyl sites for hydroxylation is 1. The molecule has 0 aromatic heterocycles. The molecule has 1 heterocycles. The van der Waals surface area contributed by atoms with E-state index in [9.17, 15) is 14.7 Å². The van der Waals surface area contributed by atoms with Crippen molar-refractivity contribution in [3.8, 4) is 17.2 Å². The van der Waals surface area contributed by atoms with Crippen molar-refractivity contribution in [1.82, 2.24) is 9.80 Å². The van der Waals surface area contributed by atoms with E-state index in [0.29, 0.717) is 47.9 Å². The molecule has 192 valence electrons. The second-order valence-electron chi connectivity index (χ2n) is 8.84. The molecule has 1 N–H and O–H groups in total. The van der Waals surface area contributed by atoms with Gasteiger partial charge in [-0.25, -0.2) is 0 Å². The summed E-state index contributed by atoms with van der Waals surface area (Å²) in [5, 5.41) is 11.3. The number of benzene rings is 2. The minimum atomic E-state index is -0.774. The van der Waals surface area contributed by atoms with Gasteiger partial charge in [0.05, 0.1) is 25.8 Å². The van der Waals surface area contributed by atoms with Crippen LogP contribution in [0.2, 0.25) is 0 Å². The number of nitrogens with zero attached hydrogens (tertiary/aromatic N) is 2. The number of aliphatic hydroxyl groups is 1. The van der Waals surface area contributed by atoms with Gasteiger partial charge in [0.1, 0.15) is 18.1 Å². The standard InChI is InChI=1S/C28H34N2O6/c1-7-15-36-21-11-10-20(16-18(21)2)26(31)24-25(19-9-12-22(34-5)23(17-19)35-6)30(28(33)27(24)32)14-8-13-29(3)4/h7,9-12,16-17,25,31H,1,8,13-15H2,2-6H3/b26-24+. The zero-order valence-electron chi connectivity index (χ0n) is 21.5. The highest BCUT2D eigenvalue weighted by atomic mass is 16.5. The smallest absolute Gasteiger partial charge is 0.295 e. The maximum Gasteiger partial charge on any atom is 0.295 e. The number of amides is 1. The Morgan fingerprint density at radius 3 is 2.39 bits per heavy atom. The van der Waals surface area contributed by atoms with E-state index in [1.54, 1.807) is 42.5 Å². The van der Waals surface area contributed by atoms with Crippen LogP contribution in [-0.4, -0.2) is 74.6 Å². The summed E-state index contributed by atoms with van der Waals surface area (Å²) in [7, 11) is 6.96. The van der Waals surface area contributed by atoms with E-state index in [2.05, 4.69) is 6.58 Å². The predicted molar refractivity (Wildman–Crippen MR) is 139 cm³/mol. The molecule has 1 unspecified atom stereocenters. The van der Waals surface area contributed by atoms with Crippen molar-refractivity contribution in [2.24, 2.45) is 0 Å². The summed E-state index contributed by atoms with van der Waals surface area (Å²) in [6.45, 7) is 6.95.